The van der Waals surface area contributed by atoms with Crippen LogP contribution >= 0.6 is 0 Å². The monoisotopic (exact) mass is 291 g/mol. The molecule has 1 fully saturated rings. The molecular formula is C15H21N3O3. The van der Waals surface area contributed by atoms with Gasteiger partial charge in [-0.15, -0.1) is 0 Å². The summed E-state index contributed by atoms with van der Waals surface area (Å²) in [6.45, 7) is 4.06. The molecule has 114 valence electrons. The van der Waals surface area contributed by atoms with Crippen LogP contribution in [0.25, 0.3) is 0 Å². The van der Waals surface area contributed by atoms with E-state index in [1.165, 1.54) is 6.07 Å². The molecule has 0 aliphatic carbocycles. The van der Waals surface area contributed by atoms with E-state index >= 15 is 0 Å². The molecule has 0 bridgehead atoms. The number of amides is 1. The van der Waals surface area contributed by atoms with Crippen LogP contribution in [0.3, 0.4) is 0 Å². The van der Waals surface area contributed by atoms with Gasteiger partial charge in [0.25, 0.3) is 5.69 Å². The first-order valence-corrected chi connectivity index (χ1v) is 7.32. The number of rotatable bonds is 5. The minimum atomic E-state index is -0.482. The Hall–Kier alpha value is -1.95. The molecule has 0 spiro atoms. The highest BCUT2D eigenvalue weighted by atomic mass is 16.6. The van der Waals surface area contributed by atoms with Crippen molar-refractivity contribution in [1.29, 1.82) is 0 Å². The number of nitrogens with zero attached hydrogens (tertiary/aromatic N) is 1. The summed E-state index contributed by atoms with van der Waals surface area (Å²) in [6, 6.07) is 6.22. The first-order valence-electron chi connectivity index (χ1n) is 7.32. The Morgan fingerprint density at radius 2 is 2.29 bits per heavy atom. The number of anilines is 1. The van der Waals surface area contributed by atoms with E-state index in [0.29, 0.717) is 12.3 Å². The first kappa shape index (κ1) is 15.4. The van der Waals surface area contributed by atoms with E-state index in [2.05, 4.69) is 17.6 Å². The molecule has 1 aliphatic heterocycles. The predicted octanol–water partition coefficient (Wildman–Crippen LogP) is 2.56. The van der Waals surface area contributed by atoms with Gasteiger partial charge in [0.15, 0.2) is 0 Å². The topological polar surface area (TPSA) is 84.3 Å². The Bertz CT molecular complexity index is 513. The molecule has 1 aromatic rings. The summed E-state index contributed by atoms with van der Waals surface area (Å²) in [7, 11) is 0. The molecule has 6 heteroatoms. The number of benzene rings is 1. The lowest BCUT2D eigenvalue weighted by Gasteiger charge is -2.27. The van der Waals surface area contributed by atoms with Crippen LogP contribution in [0.5, 0.6) is 0 Å². The number of nitro groups is 1. The SMILES string of the molecule is CC(CC(=O)Nc1ccccc1[N+](=O)[O-])C1CCCNC1. The van der Waals surface area contributed by atoms with Crippen molar-refractivity contribution in [2.24, 2.45) is 11.8 Å². The minimum absolute atomic E-state index is 0.0714. The van der Waals surface area contributed by atoms with Crippen molar-refractivity contribution in [3.63, 3.8) is 0 Å². The average Bonchev–Trinajstić information content (AvgIpc) is 2.48. The summed E-state index contributed by atoms with van der Waals surface area (Å²) in [4.78, 5) is 22.5. The van der Waals surface area contributed by atoms with Crippen molar-refractivity contribution in [1.82, 2.24) is 5.32 Å². The van der Waals surface area contributed by atoms with Gasteiger partial charge in [0.2, 0.25) is 5.91 Å². The molecule has 1 saturated heterocycles. The first-order chi connectivity index (χ1) is 10.1. The van der Waals surface area contributed by atoms with Crippen LogP contribution in [0.2, 0.25) is 0 Å². The van der Waals surface area contributed by atoms with E-state index < -0.39 is 4.92 Å². The quantitative estimate of drug-likeness (QED) is 0.645. The van der Waals surface area contributed by atoms with E-state index in [4.69, 9.17) is 0 Å². The Labute approximate surface area is 124 Å². The number of nitrogens with one attached hydrogen (secondary N) is 2. The number of carbonyl (C=O) groups is 1. The van der Waals surface area contributed by atoms with Crippen molar-refractivity contribution in [2.45, 2.75) is 26.2 Å². The third kappa shape index (κ3) is 4.26. The Kier molecular flexibility index (Phi) is 5.27. The fourth-order valence-corrected chi connectivity index (χ4v) is 2.76. The van der Waals surface area contributed by atoms with Crippen LogP contribution in [0, 0.1) is 22.0 Å². The molecule has 2 rings (SSSR count). The summed E-state index contributed by atoms with van der Waals surface area (Å²) in [6.07, 6.45) is 2.66. The number of carbonyl (C=O) groups excluding carboxylic acids is 1. The fraction of sp³-hybridized carbons (Fsp3) is 0.533. The van der Waals surface area contributed by atoms with Crippen molar-refractivity contribution >= 4 is 17.3 Å². The van der Waals surface area contributed by atoms with E-state index in [-0.39, 0.29) is 23.2 Å². The Morgan fingerprint density at radius 3 is 2.95 bits per heavy atom. The van der Waals surface area contributed by atoms with E-state index in [1.807, 2.05) is 0 Å². The zero-order valence-corrected chi connectivity index (χ0v) is 12.2. The second-order valence-corrected chi connectivity index (χ2v) is 5.61. The second kappa shape index (κ2) is 7.17. The minimum Gasteiger partial charge on any atom is -0.320 e. The summed E-state index contributed by atoms with van der Waals surface area (Å²) in [5, 5.41) is 16.9. The maximum Gasteiger partial charge on any atom is 0.292 e. The molecule has 1 aliphatic rings. The number of nitro benzene ring substituents is 1. The van der Waals surface area contributed by atoms with Gasteiger partial charge in [0.1, 0.15) is 5.69 Å². The molecule has 21 heavy (non-hydrogen) atoms. The van der Waals surface area contributed by atoms with Crippen LogP contribution in [0.1, 0.15) is 26.2 Å². The van der Waals surface area contributed by atoms with Gasteiger partial charge in [0, 0.05) is 12.5 Å². The average molecular weight is 291 g/mol. The second-order valence-electron chi connectivity index (χ2n) is 5.61. The van der Waals surface area contributed by atoms with Crippen LogP contribution in [0.4, 0.5) is 11.4 Å². The molecule has 6 nitrogen and oxygen atoms in total. The lowest BCUT2D eigenvalue weighted by atomic mass is 9.85. The van der Waals surface area contributed by atoms with Crippen molar-refractivity contribution in [3.8, 4) is 0 Å². The maximum atomic E-state index is 12.1. The summed E-state index contributed by atoms with van der Waals surface area (Å²) >= 11 is 0. The van der Waals surface area contributed by atoms with Gasteiger partial charge < -0.3 is 10.6 Å². The Balaban J connectivity index is 1.94. The highest BCUT2D eigenvalue weighted by Crippen LogP contribution is 2.26. The molecule has 2 N–H and O–H groups in total. The molecule has 2 atom stereocenters. The normalized spacial score (nSPS) is 19.8. The highest BCUT2D eigenvalue weighted by molar-refractivity contribution is 5.93. The molecular weight excluding hydrogens is 270 g/mol. The van der Waals surface area contributed by atoms with Gasteiger partial charge in [-0.05, 0) is 43.8 Å². The third-order valence-corrected chi connectivity index (χ3v) is 4.02. The molecule has 0 aromatic heterocycles. The fourth-order valence-electron chi connectivity index (χ4n) is 2.76. The molecule has 0 saturated carbocycles. The van der Waals surface area contributed by atoms with Crippen molar-refractivity contribution in [2.75, 3.05) is 18.4 Å². The van der Waals surface area contributed by atoms with Crippen molar-refractivity contribution < 1.29 is 9.72 Å². The van der Waals surface area contributed by atoms with Crippen LogP contribution < -0.4 is 10.6 Å². The van der Waals surface area contributed by atoms with Crippen LogP contribution in [-0.2, 0) is 4.79 Å². The van der Waals surface area contributed by atoms with Gasteiger partial charge in [0.05, 0.1) is 4.92 Å². The molecule has 1 amide bonds. The summed E-state index contributed by atoms with van der Waals surface area (Å²) in [5.74, 6) is 0.596. The standard InChI is InChI=1S/C15H21N3O3/c1-11(12-5-4-8-16-10-12)9-15(19)17-13-6-2-3-7-14(13)18(20)21/h2-3,6-7,11-12,16H,4-5,8-10H2,1H3,(H,17,19). The Morgan fingerprint density at radius 1 is 1.52 bits per heavy atom. The smallest absolute Gasteiger partial charge is 0.292 e. The highest BCUT2D eigenvalue weighted by Gasteiger charge is 2.23. The zero-order chi connectivity index (χ0) is 15.2. The molecule has 1 aromatic carbocycles. The number of hydrogen-bond donors (Lipinski definition) is 2. The van der Waals surface area contributed by atoms with Crippen LogP contribution in [-0.4, -0.2) is 23.9 Å². The van der Waals surface area contributed by atoms with E-state index in [0.717, 1.165) is 25.9 Å². The largest absolute Gasteiger partial charge is 0.320 e. The third-order valence-electron chi connectivity index (χ3n) is 4.02. The molecule has 2 unspecified atom stereocenters. The number of para-hydroxylation sites is 2. The van der Waals surface area contributed by atoms with E-state index in [9.17, 15) is 14.9 Å². The number of hydrogen-bond acceptors (Lipinski definition) is 4. The summed E-state index contributed by atoms with van der Waals surface area (Å²) in [5.41, 5.74) is 0.194. The van der Waals surface area contributed by atoms with Crippen molar-refractivity contribution in [3.05, 3.63) is 34.4 Å². The zero-order valence-electron chi connectivity index (χ0n) is 12.2. The van der Waals surface area contributed by atoms with Gasteiger partial charge in [-0.25, -0.2) is 0 Å². The van der Waals surface area contributed by atoms with Gasteiger partial charge in [-0.1, -0.05) is 19.1 Å². The lowest BCUT2D eigenvalue weighted by molar-refractivity contribution is -0.383. The van der Waals surface area contributed by atoms with E-state index in [1.54, 1.807) is 18.2 Å². The molecule has 0 radical (unpaired) electrons. The lowest BCUT2D eigenvalue weighted by Crippen LogP contribution is -2.34. The van der Waals surface area contributed by atoms with Crippen LogP contribution in [0.15, 0.2) is 24.3 Å². The van der Waals surface area contributed by atoms with Gasteiger partial charge in [-0.2, -0.15) is 0 Å². The van der Waals surface area contributed by atoms with Gasteiger partial charge >= 0.3 is 0 Å². The number of piperidine rings is 1. The van der Waals surface area contributed by atoms with Gasteiger partial charge in [-0.3, -0.25) is 14.9 Å². The summed E-state index contributed by atoms with van der Waals surface area (Å²) < 4.78 is 0. The molecule has 1 heterocycles. The predicted molar refractivity (Wildman–Crippen MR) is 81.1 cm³/mol. The maximum absolute atomic E-state index is 12.1.